The monoisotopic (exact) mass is 413 g/mol. The average molecular weight is 414 g/mol. The molecule has 0 radical (unpaired) electrons. The Balaban J connectivity index is 0.00000392. The molecule has 0 atom stereocenters. The number of carbonyl (C=O) groups is 2. The number of urea groups is 1. The van der Waals surface area contributed by atoms with E-state index < -0.39 is 11.0 Å². The Morgan fingerprint density at radius 3 is 2.39 bits per heavy atom. The minimum atomic E-state index is -0.473. The first-order valence-corrected chi connectivity index (χ1v) is 9.17. The van der Waals surface area contributed by atoms with Crippen molar-refractivity contribution in [3.05, 3.63) is 39.9 Å². The normalized spacial score (nSPS) is 14.1. The summed E-state index contributed by atoms with van der Waals surface area (Å²) in [6, 6.07) is 5.51. The maximum Gasteiger partial charge on any atom is 0.315 e. The minimum Gasteiger partial charge on any atom is -0.341 e. The largest absolute Gasteiger partial charge is 0.341 e. The molecule has 1 fully saturated rings. The van der Waals surface area contributed by atoms with Crippen molar-refractivity contribution in [1.29, 1.82) is 0 Å². The van der Waals surface area contributed by atoms with Gasteiger partial charge in [0.2, 0.25) is 5.91 Å². The number of non-ortho nitro benzene ring substituents is 1. The molecule has 9 nitrogen and oxygen atoms in total. The lowest BCUT2D eigenvalue weighted by Crippen LogP contribution is -2.46. The van der Waals surface area contributed by atoms with Gasteiger partial charge in [0.1, 0.15) is 0 Å². The summed E-state index contributed by atoms with van der Waals surface area (Å²) in [6.45, 7) is 2.66. The van der Waals surface area contributed by atoms with Crippen molar-refractivity contribution >= 4 is 30.0 Å². The number of nitrogens with one attached hydrogen (secondary N) is 3. The van der Waals surface area contributed by atoms with Crippen molar-refractivity contribution in [1.82, 2.24) is 20.9 Å². The van der Waals surface area contributed by atoms with Crippen LogP contribution in [0.3, 0.4) is 0 Å². The van der Waals surface area contributed by atoms with Crippen LogP contribution in [-0.2, 0) is 11.3 Å². The molecule has 1 heterocycles. The van der Waals surface area contributed by atoms with Crippen LogP contribution in [0.5, 0.6) is 0 Å². The molecule has 2 rings (SSSR count). The van der Waals surface area contributed by atoms with Crippen LogP contribution in [0.25, 0.3) is 0 Å². The molecule has 1 aliphatic heterocycles. The molecule has 0 unspecified atom stereocenters. The van der Waals surface area contributed by atoms with E-state index in [9.17, 15) is 19.7 Å². The first-order chi connectivity index (χ1) is 13.0. The van der Waals surface area contributed by atoms with Gasteiger partial charge in [-0.15, -0.1) is 12.4 Å². The molecule has 0 bridgehead atoms. The maximum atomic E-state index is 12.2. The Morgan fingerprint density at radius 1 is 1.18 bits per heavy atom. The third kappa shape index (κ3) is 7.69. The standard InChI is InChI=1S/C18H27N5O4.ClH/c1-19-9-6-14-7-10-22(11-8-14)17(24)13-21-18(25)20-12-15-2-4-16(5-3-15)23(26)27;/h2-5,14,19H,6-13H2,1H3,(H2,20,21,25);1H. The van der Waals surface area contributed by atoms with E-state index in [2.05, 4.69) is 16.0 Å². The van der Waals surface area contributed by atoms with E-state index in [4.69, 9.17) is 0 Å². The van der Waals surface area contributed by atoms with E-state index in [1.54, 1.807) is 17.0 Å². The van der Waals surface area contributed by atoms with Gasteiger partial charge < -0.3 is 20.9 Å². The molecular formula is C18H28ClN5O4. The van der Waals surface area contributed by atoms with Crippen molar-refractivity contribution in [3.8, 4) is 0 Å². The fraction of sp³-hybridized carbons (Fsp3) is 0.556. The summed E-state index contributed by atoms with van der Waals surface area (Å²) in [5, 5.41) is 19.0. The molecule has 0 aliphatic carbocycles. The number of nitro groups is 1. The van der Waals surface area contributed by atoms with Crippen LogP contribution in [0.1, 0.15) is 24.8 Å². The Morgan fingerprint density at radius 2 is 1.82 bits per heavy atom. The van der Waals surface area contributed by atoms with Gasteiger partial charge in [-0.25, -0.2) is 4.79 Å². The number of halogens is 1. The Labute approximate surface area is 170 Å². The summed E-state index contributed by atoms with van der Waals surface area (Å²) in [7, 11) is 1.94. The fourth-order valence-electron chi connectivity index (χ4n) is 3.07. The summed E-state index contributed by atoms with van der Waals surface area (Å²) < 4.78 is 0. The molecule has 3 N–H and O–H groups in total. The smallest absolute Gasteiger partial charge is 0.315 e. The van der Waals surface area contributed by atoms with Crippen LogP contribution < -0.4 is 16.0 Å². The van der Waals surface area contributed by atoms with Crippen LogP contribution in [0, 0.1) is 16.0 Å². The molecule has 1 aromatic rings. The predicted molar refractivity (Wildman–Crippen MR) is 108 cm³/mol. The number of nitrogens with zero attached hydrogens (tertiary/aromatic N) is 2. The van der Waals surface area contributed by atoms with E-state index in [0.29, 0.717) is 5.92 Å². The summed E-state index contributed by atoms with van der Waals surface area (Å²) in [4.78, 5) is 36.0. The SMILES string of the molecule is CNCCC1CCN(C(=O)CNC(=O)NCc2ccc([N+](=O)[O-])cc2)CC1.Cl. The van der Waals surface area contributed by atoms with Crippen LogP contribution in [0.4, 0.5) is 10.5 Å². The molecule has 0 saturated carbocycles. The molecule has 0 spiro atoms. The quantitative estimate of drug-likeness (QED) is 0.442. The van der Waals surface area contributed by atoms with E-state index in [1.807, 2.05) is 7.05 Å². The maximum absolute atomic E-state index is 12.2. The Hall–Kier alpha value is -2.39. The second-order valence-electron chi connectivity index (χ2n) is 6.68. The van der Waals surface area contributed by atoms with Gasteiger partial charge in [0.05, 0.1) is 11.5 Å². The Kier molecular flexibility index (Phi) is 10.3. The van der Waals surface area contributed by atoms with E-state index in [0.717, 1.165) is 44.5 Å². The van der Waals surface area contributed by atoms with Crippen molar-refractivity contribution in [2.24, 2.45) is 5.92 Å². The minimum absolute atomic E-state index is 0. The zero-order valence-electron chi connectivity index (χ0n) is 16.0. The second kappa shape index (κ2) is 12.1. The van der Waals surface area contributed by atoms with Crippen LogP contribution in [-0.4, -0.2) is 55.0 Å². The van der Waals surface area contributed by atoms with E-state index in [1.165, 1.54) is 12.1 Å². The lowest BCUT2D eigenvalue weighted by molar-refractivity contribution is -0.384. The molecule has 156 valence electrons. The number of hydrogen-bond donors (Lipinski definition) is 3. The summed E-state index contributed by atoms with van der Waals surface area (Å²) in [5.74, 6) is 0.576. The highest BCUT2D eigenvalue weighted by Gasteiger charge is 2.22. The summed E-state index contributed by atoms with van der Waals surface area (Å²) in [6.07, 6.45) is 3.13. The highest BCUT2D eigenvalue weighted by atomic mass is 35.5. The molecule has 1 saturated heterocycles. The number of hydrogen-bond acceptors (Lipinski definition) is 5. The number of carbonyl (C=O) groups excluding carboxylic acids is 2. The van der Waals surface area contributed by atoms with E-state index in [-0.39, 0.29) is 37.1 Å². The van der Waals surface area contributed by atoms with Crippen molar-refractivity contribution < 1.29 is 14.5 Å². The molecule has 10 heteroatoms. The lowest BCUT2D eigenvalue weighted by atomic mass is 9.93. The van der Waals surface area contributed by atoms with Gasteiger partial charge >= 0.3 is 6.03 Å². The second-order valence-corrected chi connectivity index (χ2v) is 6.68. The number of amides is 3. The third-order valence-electron chi connectivity index (χ3n) is 4.77. The highest BCUT2D eigenvalue weighted by Crippen LogP contribution is 2.19. The van der Waals surface area contributed by atoms with Crippen LogP contribution >= 0.6 is 12.4 Å². The zero-order valence-corrected chi connectivity index (χ0v) is 16.8. The first kappa shape index (κ1) is 23.6. The Bertz CT molecular complexity index is 648. The molecular weight excluding hydrogens is 386 g/mol. The van der Waals surface area contributed by atoms with Gasteiger partial charge in [-0.3, -0.25) is 14.9 Å². The summed E-state index contributed by atoms with van der Waals surface area (Å²) >= 11 is 0. The number of likely N-dealkylation sites (tertiary alicyclic amines) is 1. The van der Waals surface area contributed by atoms with Gasteiger partial charge in [0, 0.05) is 31.8 Å². The molecule has 28 heavy (non-hydrogen) atoms. The van der Waals surface area contributed by atoms with Crippen LogP contribution in [0.15, 0.2) is 24.3 Å². The van der Waals surface area contributed by atoms with Gasteiger partial charge in [0.25, 0.3) is 5.69 Å². The average Bonchev–Trinajstić information content (AvgIpc) is 2.69. The van der Waals surface area contributed by atoms with Crippen molar-refractivity contribution in [3.63, 3.8) is 0 Å². The van der Waals surface area contributed by atoms with E-state index >= 15 is 0 Å². The molecule has 1 aliphatic rings. The van der Waals surface area contributed by atoms with Crippen molar-refractivity contribution in [2.45, 2.75) is 25.8 Å². The number of piperidine rings is 1. The zero-order chi connectivity index (χ0) is 19.6. The molecule has 0 aromatic heterocycles. The fourth-order valence-corrected chi connectivity index (χ4v) is 3.07. The van der Waals surface area contributed by atoms with Crippen LogP contribution in [0.2, 0.25) is 0 Å². The van der Waals surface area contributed by atoms with Gasteiger partial charge in [-0.05, 0) is 44.3 Å². The molecule has 1 aromatic carbocycles. The third-order valence-corrected chi connectivity index (χ3v) is 4.77. The lowest BCUT2D eigenvalue weighted by Gasteiger charge is -2.32. The highest BCUT2D eigenvalue weighted by molar-refractivity contribution is 5.85. The first-order valence-electron chi connectivity index (χ1n) is 9.17. The van der Waals surface area contributed by atoms with Gasteiger partial charge in [-0.2, -0.15) is 0 Å². The molecule has 3 amide bonds. The van der Waals surface area contributed by atoms with Gasteiger partial charge in [-0.1, -0.05) is 12.1 Å². The number of nitro benzene ring substituents is 1. The topological polar surface area (TPSA) is 117 Å². The van der Waals surface area contributed by atoms with Crippen molar-refractivity contribution in [2.75, 3.05) is 33.2 Å². The summed E-state index contributed by atoms with van der Waals surface area (Å²) in [5.41, 5.74) is 0.745. The predicted octanol–water partition coefficient (Wildman–Crippen LogP) is 1.66. The number of rotatable bonds is 8. The number of benzene rings is 1. The van der Waals surface area contributed by atoms with Gasteiger partial charge in [0.15, 0.2) is 0 Å².